The number of pyridine rings is 1. The monoisotopic (exact) mass is 470 g/mol. The summed E-state index contributed by atoms with van der Waals surface area (Å²) in [6.45, 7) is 3.88. The molecular weight excluding hydrogens is 452 g/mol. The number of aromatic nitrogens is 2. The van der Waals surface area contributed by atoms with Crippen LogP contribution < -0.4 is 15.6 Å². The molecule has 2 aromatic heterocycles. The molecule has 4 aromatic rings. The lowest BCUT2D eigenvalue weighted by Crippen LogP contribution is -2.20. The van der Waals surface area contributed by atoms with Gasteiger partial charge in [-0.05, 0) is 67.4 Å². The van der Waals surface area contributed by atoms with Gasteiger partial charge in [0, 0.05) is 11.9 Å². The van der Waals surface area contributed by atoms with Gasteiger partial charge in [0.15, 0.2) is 0 Å². The van der Waals surface area contributed by atoms with E-state index in [1.165, 1.54) is 10.5 Å². The SMILES string of the molecule is Cc1ccc(NC(=O)/C(C#N)=C\c2c(Oc3ccccc3Cl)nc3ccccn3c2=O)cc1C. The summed E-state index contributed by atoms with van der Waals surface area (Å²) >= 11 is 6.21. The maximum absolute atomic E-state index is 13.3. The van der Waals surface area contributed by atoms with Crippen LogP contribution in [-0.4, -0.2) is 15.3 Å². The molecule has 0 aliphatic heterocycles. The third-order valence-corrected chi connectivity index (χ3v) is 5.51. The molecule has 0 aliphatic rings. The number of rotatable bonds is 5. The fourth-order valence-corrected chi connectivity index (χ4v) is 3.40. The molecule has 7 nitrogen and oxygen atoms in total. The number of para-hydroxylation sites is 1. The first kappa shape index (κ1) is 22.8. The summed E-state index contributed by atoms with van der Waals surface area (Å²) in [5.41, 5.74) is 2.10. The number of amides is 1. The molecule has 168 valence electrons. The van der Waals surface area contributed by atoms with Crippen LogP contribution in [0, 0.1) is 25.2 Å². The first-order chi connectivity index (χ1) is 16.4. The number of halogens is 1. The van der Waals surface area contributed by atoms with Gasteiger partial charge in [-0.15, -0.1) is 0 Å². The Morgan fingerprint density at radius 2 is 1.88 bits per heavy atom. The molecule has 0 bridgehead atoms. The third-order valence-electron chi connectivity index (χ3n) is 5.20. The highest BCUT2D eigenvalue weighted by Crippen LogP contribution is 2.30. The second-order valence-electron chi connectivity index (χ2n) is 7.52. The molecule has 2 aromatic carbocycles. The molecular formula is C26H19ClN4O3. The average molecular weight is 471 g/mol. The van der Waals surface area contributed by atoms with E-state index in [1.54, 1.807) is 60.8 Å². The van der Waals surface area contributed by atoms with E-state index in [4.69, 9.17) is 16.3 Å². The Balaban J connectivity index is 1.80. The smallest absolute Gasteiger partial charge is 0.269 e. The van der Waals surface area contributed by atoms with Crippen LogP contribution in [0.15, 0.2) is 77.2 Å². The van der Waals surface area contributed by atoms with Gasteiger partial charge < -0.3 is 10.1 Å². The van der Waals surface area contributed by atoms with Gasteiger partial charge in [-0.1, -0.05) is 35.9 Å². The van der Waals surface area contributed by atoms with Gasteiger partial charge in [-0.25, -0.2) is 0 Å². The highest BCUT2D eigenvalue weighted by atomic mass is 35.5. The average Bonchev–Trinajstić information content (AvgIpc) is 2.83. The molecule has 1 N–H and O–H groups in total. The van der Waals surface area contributed by atoms with Crippen molar-refractivity contribution in [3.05, 3.63) is 105 Å². The Hall–Kier alpha value is -4.41. The molecule has 2 heterocycles. The molecule has 0 radical (unpaired) electrons. The number of hydrogen-bond donors (Lipinski definition) is 1. The van der Waals surface area contributed by atoms with Gasteiger partial charge >= 0.3 is 0 Å². The van der Waals surface area contributed by atoms with Gasteiger partial charge in [-0.3, -0.25) is 14.0 Å². The normalized spacial score (nSPS) is 11.2. The van der Waals surface area contributed by atoms with Gasteiger partial charge in [0.25, 0.3) is 11.5 Å². The number of fused-ring (bicyclic) bond motifs is 1. The van der Waals surface area contributed by atoms with E-state index in [2.05, 4.69) is 10.3 Å². The lowest BCUT2D eigenvalue weighted by molar-refractivity contribution is -0.112. The van der Waals surface area contributed by atoms with Crippen molar-refractivity contribution in [3.8, 4) is 17.7 Å². The lowest BCUT2D eigenvalue weighted by atomic mass is 10.1. The summed E-state index contributed by atoms with van der Waals surface area (Å²) < 4.78 is 7.17. The molecule has 4 rings (SSSR count). The number of carbonyl (C=O) groups excluding carboxylic acids is 1. The lowest BCUT2D eigenvalue weighted by Gasteiger charge is -2.11. The minimum absolute atomic E-state index is 0.0598. The number of hydrogen-bond acceptors (Lipinski definition) is 5. The number of nitrogens with one attached hydrogen (secondary N) is 1. The Labute approximate surface area is 200 Å². The summed E-state index contributed by atoms with van der Waals surface area (Å²) in [5, 5.41) is 12.7. The highest BCUT2D eigenvalue weighted by molar-refractivity contribution is 6.32. The van der Waals surface area contributed by atoms with Gasteiger partial charge in [0.05, 0.1) is 5.02 Å². The van der Waals surface area contributed by atoms with Crippen molar-refractivity contribution in [1.29, 1.82) is 5.26 Å². The summed E-state index contributed by atoms with van der Waals surface area (Å²) in [6, 6.07) is 19.1. The van der Waals surface area contributed by atoms with E-state index < -0.39 is 11.5 Å². The molecule has 34 heavy (non-hydrogen) atoms. The number of aryl methyl sites for hydroxylation is 2. The van der Waals surface area contributed by atoms with Crippen molar-refractivity contribution < 1.29 is 9.53 Å². The van der Waals surface area contributed by atoms with Crippen LogP contribution in [-0.2, 0) is 4.79 Å². The fourth-order valence-electron chi connectivity index (χ4n) is 3.23. The standard InChI is InChI=1S/C26H19ClN4O3/c1-16-10-11-19(13-17(16)2)29-24(32)18(15-28)14-20-25(34-22-8-4-3-7-21(22)27)30-23-9-5-6-12-31(23)26(20)33/h3-14H,1-2H3,(H,29,32)/b18-14-. The number of anilines is 1. The Morgan fingerprint density at radius 3 is 2.62 bits per heavy atom. The maximum Gasteiger partial charge on any atom is 0.269 e. The van der Waals surface area contributed by atoms with Crippen molar-refractivity contribution in [2.45, 2.75) is 13.8 Å². The van der Waals surface area contributed by atoms with Crippen LogP contribution in [0.3, 0.4) is 0 Å². The predicted octanol–water partition coefficient (Wildman–Crippen LogP) is 5.30. The Bertz CT molecular complexity index is 1550. The zero-order valence-corrected chi connectivity index (χ0v) is 19.1. The largest absolute Gasteiger partial charge is 0.437 e. The van der Waals surface area contributed by atoms with Crippen molar-refractivity contribution >= 4 is 34.9 Å². The summed E-state index contributed by atoms with van der Waals surface area (Å²) in [4.78, 5) is 30.5. The first-order valence-electron chi connectivity index (χ1n) is 10.3. The van der Waals surface area contributed by atoms with Crippen molar-refractivity contribution in [2.75, 3.05) is 5.32 Å². The molecule has 0 saturated heterocycles. The fraction of sp³-hybridized carbons (Fsp3) is 0.0769. The van der Waals surface area contributed by atoms with E-state index in [-0.39, 0.29) is 22.8 Å². The van der Waals surface area contributed by atoms with Crippen molar-refractivity contribution in [3.63, 3.8) is 0 Å². The molecule has 0 saturated carbocycles. The van der Waals surface area contributed by atoms with Gasteiger partial charge in [0.1, 0.15) is 28.6 Å². The van der Waals surface area contributed by atoms with Crippen LogP contribution in [0.2, 0.25) is 5.02 Å². The van der Waals surface area contributed by atoms with Crippen LogP contribution in [0.1, 0.15) is 16.7 Å². The number of nitrogens with zero attached hydrogens (tertiary/aromatic N) is 3. The predicted molar refractivity (Wildman–Crippen MR) is 131 cm³/mol. The van der Waals surface area contributed by atoms with E-state index >= 15 is 0 Å². The van der Waals surface area contributed by atoms with E-state index in [0.717, 1.165) is 11.1 Å². The van der Waals surface area contributed by atoms with Crippen LogP contribution in [0.25, 0.3) is 11.7 Å². The van der Waals surface area contributed by atoms with Crippen LogP contribution in [0.4, 0.5) is 5.69 Å². The van der Waals surface area contributed by atoms with E-state index in [1.807, 2.05) is 26.0 Å². The molecule has 0 unspecified atom stereocenters. The molecule has 0 aliphatic carbocycles. The van der Waals surface area contributed by atoms with Crippen LogP contribution >= 0.6 is 11.6 Å². The summed E-state index contributed by atoms with van der Waals surface area (Å²) in [5.74, 6) is -0.452. The molecule has 0 spiro atoms. The Kier molecular flexibility index (Phi) is 6.44. The maximum atomic E-state index is 13.3. The second-order valence-corrected chi connectivity index (χ2v) is 7.93. The van der Waals surface area contributed by atoms with E-state index in [0.29, 0.717) is 16.4 Å². The number of carbonyl (C=O) groups is 1. The molecule has 8 heteroatoms. The molecule has 1 amide bonds. The minimum atomic E-state index is -0.660. The second kappa shape index (κ2) is 9.61. The quantitative estimate of drug-likeness (QED) is 0.315. The number of ether oxygens (including phenoxy) is 1. The van der Waals surface area contributed by atoms with Gasteiger partial charge in [-0.2, -0.15) is 10.2 Å². The summed E-state index contributed by atoms with van der Waals surface area (Å²) in [7, 11) is 0. The molecule has 0 fully saturated rings. The van der Waals surface area contributed by atoms with Crippen molar-refractivity contribution in [2.24, 2.45) is 0 Å². The minimum Gasteiger partial charge on any atom is -0.437 e. The highest BCUT2D eigenvalue weighted by Gasteiger charge is 2.18. The number of benzene rings is 2. The van der Waals surface area contributed by atoms with E-state index in [9.17, 15) is 14.9 Å². The third kappa shape index (κ3) is 4.68. The number of nitriles is 1. The zero-order valence-electron chi connectivity index (χ0n) is 18.4. The topological polar surface area (TPSA) is 96.5 Å². The molecule has 0 atom stereocenters. The zero-order chi connectivity index (χ0) is 24.2. The summed E-state index contributed by atoms with van der Waals surface area (Å²) in [6.07, 6.45) is 2.72. The first-order valence-corrected chi connectivity index (χ1v) is 10.7. The van der Waals surface area contributed by atoms with Crippen molar-refractivity contribution in [1.82, 2.24) is 9.38 Å². The van der Waals surface area contributed by atoms with Gasteiger partial charge in [0.2, 0.25) is 5.88 Å². The van der Waals surface area contributed by atoms with Crippen LogP contribution in [0.5, 0.6) is 11.6 Å². The Morgan fingerprint density at radius 1 is 1.12 bits per heavy atom.